The van der Waals surface area contributed by atoms with Gasteiger partial charge < -0.3 is 25.8 Å². The summed E-state index contributed by atoms with van der Waals surface area (Å²) in [5.74, 6) is -4.43. The third-order valence-corrected chi connectivity index (χ3v) is 7.71. The molecule has 1 unspecified atom stereocenters. The van der Waals surface area contributed by atoms with Crippen molar-refractivity contribution >= 4 is 23.2 Å². The molecule has 1 fully saturated rings. The number of ether oxygens (including phenoxy) is 1. The summed E-state index contributed by atoms with van der Waals surface area (Å²) in [5, 5.41) is 32.5. The number of ketones is 2. The molecule has 2 aromatic rings. The average Bonchev–Trinajstić information content (AvgIpc) is 2.83. The van der Waals surface area contributed by atoms with Gasteiger partial charge in [-0.2, -0.15) is 0 Å². The molecule has 2 aromatic carbocycles. The summed E-state index contributed by atoms with van der Waals surface area (Å²) in [6.45, 7) is 0. The highest BCUT2D eigenvalue weighted by atomic mass is 16.5. The number of aliphatic hydroxyl groups excluding tert-OH is 2. The van der Waals surface area contributed by atoms with E-state index >= 15 is 0 Å². The molecule has 1 amide bonds. The minimum absolute atomic E-state index is 0.0689. The molecular weight excluding hydrogens is 462 g/mol. The normalized spacial score (nSPS) is 23.2. The maximum atomic E-state index is 13.5. The van der Waals surface area contributed by atoms with Crippen LogP contribution in [0.25, 0.3) is 5.76 Å². The number of phenols is 1. The zero-order valence-electron chi connectivity index (χ0n) is 19.8. The van der Waals surface area contributed by atoms with Crippen molar-refractivity contribution < 1.29 is 34.4 Å². The fraction of sp³-hybridized carbons (Fsp3) is 0.321. The number of benzene rings is 2. The van der Waals surface area contributed by atoms with E-state index in [4.69, 9.17) is 10.5 Å². The minimum atomic E-state index is -1.11. The Morgan fingerprint density at radius 3 is 2.42 bits per heavy atom. The summed E-state index contributed by atoms with van der Waals surface area (Å²) >= 11 is 0. The van der Waals surface area contributed by atoms with Crippen molar-refractivity contribution in [1.29, 1.82) is 0 Å². The van der Waals surface area contributed by atoms with Gasteiger partial charge in [0.25, 0.3) is 5.91 Å². The van der Waals surface area contributed by atoms with Gasteiger partial charge in [0.2, 0.25) is 0 Å². The highest BCUT2D eigenvalue weighted by molar-refractivity contribution is 6.21. The van der Waals surface area contributed by atoms with Crippen LogP contribution < -0.4 is 10.5 Å². The molecule has 3 atom stereocenters. The van der Waals surface area contributed by atoms with Crippen LogP contribution in [-0.4, -0.2) is 39.9 Å². The maximum Gasteiger partial charge on any atom is 0.255 e. The number of hydrogen-bond donors (Lipinski definition) is 4. The number of allylic oxidation sites excluding steroid dienone is 2. The number of fused-ring (bicyclic) bond motifs is 3. The molecule has 0 spiro atoms. The lowest BCUT2D eigenvalue weighted by molar-refractivity contribution is -0.127. The second kappa shape index (κ2) is 8.86. The first-order valence-corrected chi connectivity index (χ1v) is 11.9. The molecule has 8 heteroatoms. The number of carbonyl (C=O) groups excluding carboxylic acids is 3. The fourth-order valence-electron chi connectivity index (χ4n) is 6.01. The standard InChI is InChI=1S/C28H27NO7/c1-36-17-7-3-13(4-8-17)2-5-14-6-9-19(30)23-18(14)11-15-10-16-12-20(31)24(28(29)35)27(34)22(16)25(32)21(15)26(23)33/h3-4,6-9,15-16,22,30,33-34H,2,5,10-12H2,1H3,(H2,29,35)/t15-,16+,22?/m1/s1. The van der Waals surface area contributed by atoms with Gasteiger partial charge in [-0.15, -0.1) is 0 Å². The molecule has 8 nitrogen and oxygen atoms in total. The minimum Gasteiger partial charge on any atom is -0.511 e. The predicted molar refractivity (Wildman–Crippen MR) is 130 cm³/mol. The van der Waals surface area contributed by atoms with Crippen molar-refractivity contribution in [1.82, 2.24) is 0 Å². The number of aromatic hydroxyl groups is 1. The van der Waals surface area contributed by atoms with Gasteiger partial charge in [-0.25, -0.2) is 0 Å². The number of Topliss-reactive ketones (excluding diaryl/α,β-unsaturated/α-hetero) is 2. The molecule has 0 saturated heterocycles. The van der Waals surface area contributed by atoms with Crippen LogP contribution in [0.1, 0.15) is 35.1 Å². The molecule has 3 aliphatic rings. The van der Waals surface area contributed by atoms with Crippen LogP contribution in [-0.2, 0) is 33.6 Å². The van der Waals surface area contributed by atoms with Gasteiger partial charge in [-0.05, 0) is 72.4 Å². The van der Waals surface area contributed by atoms with Crippen molar-refractivity contribution in [3.8, 4) is 11.5 Å². The third-order valence-electron chi connectivity index (χ3n) is 7.71. The third kappa shape index (κ3) is 3.73. The van der Waals surface area contributed by atoms with E-state index in [1.165, 1.54) is 6.07 Å². The zero-order valence-corrected chi connectivity index (χ0v) is 19.8. The number of phenolic OH excluding ortho intramolecular Hbond substituents is 1. The molecule has 0 radical (unpaired) electrons. The van der Waals surface area contributed by atoms with Gasteiger partial charge in [0.05, 0.1) is 18.6 Å². The van der Waals surface area contributed by atoms with Crippen molar-refractivity contribution in [2.24, 2.45) is 23.5 Å². The number of rotatable bonds is 5. The summed E-state index contributed by atoms with van der Waals surface area (Å²) < 4.78 is 5.21. The number of primary amides is 1. The molecule has 5 N–H and O–H groups in total. The molecule has 1 saturated carbocycles. The molecule has 5 rings (SSSR count). The molecule has 0 heterocycles. The number of methoxy groups -OCH3 is 1. The van der Waals surface area contributed by atoms with Crippen molar-refractivity contribution in [3.05, 3.63) is 75.6 Å². The Morgan fingerprint density at radius 2 is 1.75 bits per heavy atom. The summed E-state index contributed by atoms with van der Waals surface area (Å²) in [6, 6.07) is 11.1. The Hall–Kier alpha value is -4.07. The van der Waals surface area contributed by atoms with E-state index in [1.54, 1.807) is 7.11 Å². The van der Waals surface area contributed by atoms with Crippen LogP contribution in [0, 0.1) is 17.8 Å². The van der Waals surface area contributed by atoms with E-state index in [-0.39, 0.29) is 35.0 Å². The van der Waals surface area contributed by atoms with E-state index < -0.39 is 40.6 Å². The molecule has 0 aliphatic heterocycles. The highest BCUT2D eigenvalue weighted by Crippen LogP contribution is 2.50. The monoisotopic (exact) mass is 489 g/mol. The van der Waals surface area contributed by atoms with Crippen molar-refractivity contribution in [3.63, 3.8) is 0 Å². The number of aliphatic hydroxyl groups is 2. The van der Waals surface area contributed by atoms with E-state index in [0.717, 1.165) is 28.9 Å². The molecule has 0 aromatic heterocycles. The number of hydrogen-bond acceptors (Lipinski definition) is 7. The molecular formula is C28H27NO7. The van der Waals surface area contributed by atoms with Crippen molar-refractivity contribution in [2.45, 2.75) is 32.1 Å². The summed E-state index contributed by atoms with van der Waals surface area (Å²) in [4.78, 5) is 37.7. The molecule has 36 heavy (non-hydrogen) atoms. The topological polar surface area (TPSA) is 147 Å². The molecule has 3 aliphatic carbocycles. The van der Waals surface area contributed by atoms with E-state index in [2.05, 4.69) is 0 Å². The lowest BCUT2D eigenvalue weighted by atomic mass is 9.61. The number of carbonyl (C=O) groups is 3. The second-order valence-corrected chi connectivity index (χ2v) is 9.70. The Labute approximate surface area is 207 Å². The first-order chi connectivity index (χ1) is 17.2. The Morgan fingerprint density at radius 1 is 1.03 bits per heavy atom. The largest absolute Gasteiger partial charge is 0.511 e. The smallest absolute Gasteiger partial charge is 0.255 e. The van der Waals surface area contributed by atoms with Gasteiger partial charge in [-0.3, -0.25) is 14.4 Å². The predicted octanol–water partition coefficient (Wildman–Crippen LogP) is 3.10. The Balaban J connectivity index is 1.51. The van der Waals surface area contributed by atoms with Crippen LogP contribution >= 0.6 is 0 Å². The molecule has 186 valence electrons. The van der Waals surface area contributed by atoms with Gasteiger partial charge in [0.15, 0.2) is 11.6 Å². The highest BCUT2D eigenvalue weighted by Gasteiger charge is 2.50. The van der Waals surface area contributed by atoms with Gasteiger partial charge in [-0.1, -0.05) is 18.2 Å². The van der Waals surface area contributed by atoms with Crippen LogP contribution in [0.2, 0.25) is 0 Å². The first-order valence-electron chi connectivity index (χ1n) is 11.9. The summed E-state index contributed by atoms with van der Waals surface area (Å²) in [5.41, 5.74) is 7.92. The Bertz CT molecular complexity index is 1350. The van der Waals surface area contributed by atoms with Gasteiger partial charge in [0, 0.05) is 12.0 Å². The van der Waals surface area contributed by atoms with E-state index in [1.807, 2.05) is 30.3 Å². The number of aryl methyl sites for hydroxylation is 2. The lowest BCUT2D eigenvalue weighted by Gasteiger charge is -2.41. The van der Waals surface area contributed by atoms with Crippen LogP contribution in [0.15, 0.2) is 53.3 Å². The average molecular weight is 490 g/mol. The zero-order chi connectivity index (χ0) is 25.7. The van der Waals surface area contributed by atoms with Gasteiger partial charge in [0.1, 0.15) is 28.6 Å². The van der Waals surface area contributed by atoms with E-state index in [9.17, 15) is 29.7 Å². The van der Waals surface area contributed by atoms with Crippen LogP contribution in [0.5, 0.6) is 11.5 Å². The SMILES string of the molecule is COc1ccc(CCc2ccc(O)c3c2C[C@H]2C[C@H]4CC(=O)C(C(N)=O)=C(O)C4C(=O)C2=C3O)cc1. The van der Waals surface area contributed by atoms with E-state index in [0.29, 0.717) is 19.3 Å². The van der Waals surface area contributed by atoms with Crippen LogP contribution in [0.3, 0.4) is 0 Å². The van der Waals surface area contributed by atoms with Gasteiger partial charge >= 0.3 is 0 Å². The lowest BCUT2D eigenvalue weighted by Crippen LogP contribution is -2.44. The van der Waals surface area contributed by atoms with Crippen LogP contribution in [0.4, 0.5) is 0 Å². The summed E-state index contributed by atoms with van der Waals surface area (Å²) in [7, 11) is 1.61. The molecule has 0 bridgehead atoms. The number of nitrogens with two attached hydrogens (primary N) is 1. The fourth-order valence-corrected chi connectivity index (χ4v) is 6.01. The maximum absolute atomic E-state index is 13.5. The summed E-state index contributed by atoms with van der Waals surface area (Å²) in [6.07, 6.45) is 2.12. The number of amides is 1. The second-order valence-electron chi connectivity index (χ2n) is 9.70. The quantitative estimate of drug-likeness (QED) is 0.472. The van der Waals surface area contributed by atoms with Crippen molar-refractivity contribution in [2.75, 3.05) is 7.11 Å². The first kappa shape index (κ1) is 23.7. The Kier molecular flexibility index (Phi) is 5.82.